The molecule has 23 heavy (non-hydrogen) atoms. The smallest absolute Gasteiger partial charge is 0.234 e. The number of carbonyl (C=O) groups is 1. The lowest BCUT2D eigenvalue weighted by Crippen LogP contribution is -2.63. The predicted octanol–water partition coefficient (Wildman–Crippen LogP) is 2.07. The van der Waals surface area contributed by atoms with Gasteiger partial charge < -0.3 is 5.73 Å². The maximum Gasteiger partial charge on any atom is 0.234 e. The predicted molar refractivity (Wildman–Crippen MR) is 91.9 cm³/mol. The number of unbranched alkanes of at least 4 members (excludes halogenated alkanes) is 5. The highest BCUT2D eigenvalue weighted by molar-refractivity contribution is 6.31. The molecule has 0 aromatic heterocycles. The molecule has 1 atom stereocenters. The van der Waals surface area contributed by atoms with Gasteiger partial charge in [-0.2, -0.15) is 0 Å². The number of isocyanates is 1. The Morgan fingerprint density at radius 2 is 1.83 bits per heavy atom. The molecule has 6 nitrogen and oxygen atoms in total. The lowest BCUT2D eigenvalue weighted by Gasteiger charge is -2.49. The Morgan fingerprint density at radius 3 is 2.48 bits per heavy atom. The molecule has 132 valence electrons. The first-order chi connectivity index (χ1) is 11.2. The average molecular weight is 345 g/mol. The Bertz CT molecular complexity index is 384. The number of nitrogens with zero attached hydrogens (tertiary/aromatic N) is 3. The Kier molecular flexibility index (Phi) is 10.3. The summed E-state index contributed by atoms with van der Waals surface area (Å²) in [7, 11) is 0. The molecule has 0 amide bonds. The van der Waals surface area contributed by atoms with Gasteiger partial charge in [0.15, 0.2) is 11.3 Å². The number of hydrogen-bond donors (Lipinski definition) is 1. The maximum atomic E-state index is 11.4. The van der Waals surface area contributed by atoms with Crippen molar-refractivity contribution >= 4 is 24.0 Å². The van der Waals surface area contributed by atoms with Gasteiger partial charge >= 0.3 is 0 Å². The summed E-state index contributed by atoms with van der Waals surface area (Å²) in [6.07, 6.45) is 10.3. The molecule has 1 aliphatic heterocycles. The first-order valence-electron chi connectivity index (χ1n) is 8.52. The number of aliphatic imine (C=N–C) groups is 1. The van der Waals surface area contributed by atoms with Gasteiger partial charge in [0.1, 0.15) is 0 Å². The Morgan fingerprint density at radius 1 is 1.13 bits per heavy atom. The fourth-order valence-electron chi connectivity index (χ4n) is 2.73. The molecule has 1 saturated heterocycles. The van der Waals surface area contributed by atoms with Gasteiger partial charge in [0.2, 0.25) is 6.08 Å². The summed E-state index contributed by atoms with van der Waals surface area (Å²) < 4.78 is 0. The van der Waals surface area contributed by atoms with Crippen molar-refractivity contribution in [3.05, 3.63) is 0 Å². The third kappa shape index (κ3) is 7.55. The highest BCUT2D eigenvalue weighted by atomic mass is 35.5. The van der Waals surface area contributed by atoms with Gasteiger partial charge in [0.25, 0.3) is 0 Å². The van der Waals surface area contributed by atoms with Gasteiger partial charge in [-0.15, -0.1) is 0 Å². The Labute approximate surface area is 144 Å². The molecule has 0 bridgehead atoms. The van der Waals surface area contributed by atoms with Crippen LogP contribution in [-0.2, 0) is 9.59 Å². The molecule has 0 spiro atoms. The normalized spacial score (nSPS) is 18.0. The van der Waals surface area contributed by atoms with Crippen LogP contribution < -0.4 is 5.73 Å². The first-order valence-corrected chi connectivity index (χ1v) is 8.90. The van der Waals surface area contributed by atoms with Crippen LogP contribution in [0.2, 0.25) is 0 Å². The summed E-state index contributed by atoms with van der Waals surface area (Å²) in [5.74, 6) is 0. The minimum atomic E-state index is -0.849. The van der Waals surface area contributed by atoms with Crippen LogP contribution in [0.1, 0.15) is 51.4 Å². The van der Waals surface area contributed by atoms with Crippen molar-refractivity contribution < 1.29 is 9.59 Å². The molecule has 0 aromatic rings. The quantitative estimate of drug-likeness (QED) is 0.130. The van der Waals surface area contributed by atoms with Crippen LogP contribution in [0, 0.1) is 0 Å². The molecule has 2 N–H and O–H groups in total. The number of halogens is 1. The van der Waals surface area contributed by atoms with E-state index in [2.05, 4.69) is 9.89 Å². The second-order valence-corrected chi connectivity index (χ2v) is 6.79. The van der Waals surface area contributed by atoms with Gasteiger partial charge in [0, 0.05) is 6.54 Å². The Hall–Kier alpha value is -0.780. The topological polar surface area (TPSA) is 79.0 Å². The van der Waals surface area contributed by atoms with Gasteiger partial charge in [-0.3, -0.25) is 14.6 Å². The van der Waals surface area contributed by atoms with Gasteiger partial charge in [-0.25, -0.2) is 9.79 Å². The summed E-state index contributed by atoms with van der Waals surface area (Å²) in [6.45, 7) is 3.81. The lowest BCUT2D eigenvalue weighted by atomic mass is 10.1. The minimum absolute atomic E-state index is 0.583. The molecular weight excluding hydrogens is 316 g/mol. The number of rotatable bonds is 14. The zero-order chi connectivity index (χ0) is 17.0. The summed E-state index contributed by atoms with van der Waals surface area (Å²) in [6, 6.07) is 0. The zero-order valence-electron chi connectivity index (χ0n) is 13.9. The summed E-state index contributed by atoms with van der Waals surface area (Å²) in [5.41, 5.74) is 5.48. The van der Waals surface area contributed by atoms with Crippen LogP contribution in [0.15, 0.2) is 4.99 Å². The zero-order valence-corrected chi connectivity index (χ0v) is 14.6. The van der Waals surface area contributed by atoms with Crippen molar-refractivity contribution in [1.82, 2.24) is 9.80 Å². The summed E-state index contributed by atoms with van der Waals surface area (Å²) >= 11 is 6.46. The van der Waals surface area contributed by atoms with Crippen LogP contribution >= 0.6 is 11.6 Å². The maximum absolute atomic E-state index is 11.4. The highest BCUT2D eigenvalue weighted by Gasteiger charge is 2.40. The van der Waals surface area contributed by atoms with E-state index in [0.717, 1.165) is 71.1 Å². The van der Waals surface area contributed by atoms with Crippen LogP contribution in [0.5, 0.6) is 0 Å². The molecule has 1 fully saturated rings. The largest absolute Gasteiger partial charge is 0.330 e. The van der Waals surface area contributed by atoms with Crippen LogP contribution in [0.25, 0.3) is 0 Å². The number of alkyl halides is 1. The monoisotopic (exact) mass is 344 g/mol. The van der Waals surface area contributed by atoms with Crippen LogP contribution in [-0.4, -0.2) is 60.1 Å². The van der Waals surface area contributed by atoms with Crippen LogP contribution in [0.4, 0.5) is 0 Å². The van der Waals surface area contributed by atoms with Crippen molar-refractivity contribution in [1.29, 1.82) is 0 Å². The second-order valence-electron chi connectivity index (χ2n) is 6.14. The Balaban J connectivity index is 2.10. The van der Waals surface area contributed by atoms with Gasteiger partial charge in [0.05, 0.1) is 19.9 Å². The standard InChI is InChI=1S/C16H29ClN4O2/c17-16(12-22,8-4-3-5-9-18)21-14-20(15-21)11-7-2-1-6-10-19-13-23/h12H,1-11,14-15,18H2. The van der Waals surface area contributed by atoms with E-state index >= 15 is 0 Å². The molecule has 1 unspecified atom stereocenters. The van der Waals surface area contributed by atoms with E-state index in [9.17, 15) is 9.59 Å². The number of carbonyl (C=O) groups excluding carboxylic acids is 2. The number of aldehydes is 1. The van der Waals surface area contributed by atoms with Crippen molar-refractivity contribution in [3.63, 3.8) is 0 Å². The van der Waals surface area contributed by atoms with Crippen LogP contribution in [0.3, 0.4) is 0 Å². The average Bonchev–Trinajstić information content (AvgIpc) is 2.52. The van der Waals surface area contributed by atoms with E-state index in [1.165, 1.54) is 0 Å². The molecule has 1 rings (SSSR count). The van der Waals surface area contributed by atoms with E-state index in [1.54, 1.807) is 6.08 Å². The summed E-state index contributed by atoms with van der Waals surface area (Å²) in [4.78, 5) is 28.3. The third-order valence-corrected chi connectivity index (χ3v) is 4.76. The van der Waals surface area contributed by atoms with Crippen molar-refractivity contribution in [3.8, 4) is 0 Å². The lowest BCUT2D eigenvalue weighted by molar-refractivity contribution is -0.127. The van der Waals surface area contributed by atoms with E-state index in [-0.39, 0.29) is 0 Å². The molecule has 1 heterocycles. The number of hydrogen-bond acceptors (Lipinski definition) is 6. The molecule has 0 aromatic carbocycles. The fourth-order valence-corrected chi connectivity index (χ4v) is 2.97. The third-order valence-electron chi connectivity index (χ3n) is 4.24. The van der Waals surface area contributed by atoms with E-state index in [4.69, 9.17) is 17.3 Å². The van der Waals surface area contributed by atoms with E-state index in [1.807, 2.05) is 4.90 Å². The molecule has 0 saturated carbocycles. The molecule has 1 aliphatic rings. The van der Waals surface area contributed by atoms with Crippen molar-refractivity contribution in [2.75, 3.05) is 33.0 Å². The van der Waals surface area contributed by atoms with Crippen molar-refractivity contribution in [2.24, 2.45) is 10.7 Å². The highest BCUT2D eigenvalue weighted by Crippen LogP contribution is 2.30. The van der Waals surface area contributed by atoms with E-state index < -0.39 is 5.00 Å². The minimum Gasteiger partial charge on any atom is -0.330 e. The molecule has 0 aliphatic carbocycles. The van der Waals surface area contributed by atoms with Crippen molar-refractivity contribution in [2.45, 2.75) is 56.4 Å². The number of nitrogens with two attached hydrogens (primary N) is 1. The fraction of sp³-hybridized carbons (Fsp3) is 0.875. The first kappa shape index (κ1) is 20.3. The SMILES string of the molecule is NCCCCCC(Cl)(C=O)N1CN(CCCCCCN=C=O)C1. The van der Waals surface area contributed by atoms with E-state index in [0.29, 0.717) is 19.5 Å². The second kappa shape index (κ2) is 11.7. The molecule has 7 heteroatoms. The van der Waals surface area contributed by atoms with Gasteiger partial charge in [-0.1, -0.05) is 30.9 Å². The van der Waals surface area contributed by atoms with Gasteiger partial charge in [-0.05, 0) is 38.6 Å². The molecular formula is C16H29ClN4O2. The summed E-state index contributed by atoms with van der Waals surface area (Å²) in [5, 5.41) is 0. The molecule has 0 radical (unpaired) electrons.